The van der Waals surface area contributed by atoms with Crippen LogP contribution in [0.25, 0.3) is 22.8 Å². The van der Waals surface area contributed by atoms with Crippen LogP contribution in [0.4, 0.5) is 5.82 Å². The van der Waals surface area contributed by atoms with E-state index in [1.807, 2.05) is 30.3 Å². The summed E-state index contributed by atoms with van der Waals surface area (Å²) in [4.78, 5) is 11.3. The van der Waals surface area contributed by atoms with Gasteiger partial charge in [0.1, 0.15) is 5.82 Å². The van der Waals surface area contributed by atoms with Crippen molar-refractivity contribution in [3.05, 3.63) is 36.5 Å². The Labute approximate surface area is 163 Å². The molecule has 1 aliphatic rings. The molecule has 0 saturated carbocycles. The highest BCUT2D eigenvalue weighted by atomic mass is 16.5. The van der Waals surface area contributed by atoms with Crippen LogP contribution in [0.1, 0.15) is 6.42 Å². The largest absolute Gasteiger partial charge is 0.493 e. The molecule has 0 radical (unpaired) electrons. The third kappa shape index (κ3) is 3.63. The third-order valence-corrected chi connectivity index (χ3v) is 4.61. The average molecular weight is 382 g/mol. The molecule has 1 saturated heterocycles. The van der Waals surface area contributed by atoms with Crippen molar-refractivity contribution in [2.45, 2.75) is 6.42 Å². The third-order valence-electron chi connectivity index (χ3n) is 4.61. The summed E-state index contributed by atoms with van der Waals surface area (Å²) in [5.41, 5.74) is 1.46. The highest BCUT2D eigenvalue weighted by molar-refractivity contribution is 5.69. The summed E-state index contributed by atoms with van der Waals surface area (Å²) in [6.45, 7) is 3.30. The van der Waals surface area contributed by atoms with E-state index in [4.69, 9.17) is 18.7 Å². The number of ether oxygens (including phenoxy) is 3. The predicted octanol–water partition coefficient (Wildman–Crippen LogP) is 3.04. The lowest BCUT2D eigenvalue weighted by Gasteiger charge is -2.20. The molecule has 0 unspecified atom stereocenters. The number of anilines is 1. The first-order valence-electron chi connectivity index (χ1n) is 9.14. The highest BCUT2D eigenvalue weighted by Crippen LogP contribution is 2.37. The minimum Gasteiger partial charge on any atom is -0.493 e. The molecule has 1 aliphatic heterocycles. The van der Waals surface area contributed by atoms with Crippen LogP contribution >= 0.6 is 0 Å². The van der Waals surface area contributed by atoms with Crippen LogP contribution in [0.5, 0.6) is 11.5 Å². The Balaban J connectivity index is 1.58. The number of hydrogen-bond acceptors (Lipinski definition) is 8. The van der Waals surface area contributed by atoms with Gasteiger partial charge in [-0.05, 0) is 30.7 Å². The van der Waals surface area contributed by atoms with Crippen molar-refractivity contribution in [3.63, 3.8) is 0 Å². The topological polar surface area (TPSA) is 82.7 Å². The van der Waals surface area contributed by atoms with E-state index in [1.54, 1.807) is 20.4 Å². The number of benzene rings is 1. The maximum Gasteiger partial charge on any atom is 0.259 e. The zero-order valence-corrected chi connectivity index (χ0v) is 15.9. The van der Waals surface area contributed by atoms with Crippen LogP contribution in [-0.2, 0) is 4.74 Å². The van der Waals surface area contributed by atoms with Gasteiger partial charge in [-0.1, -0.05) is 11.2 Å². The molecule has 1 aromatic carbocycles. The monoisotopic (exact) mass is 382 g/mol. The Hall–Kier alpha value is -3.13. The Morgan fingerprint density at radius 2 is 1.96 bits per heavy atom. The number of para-hydroxylation sites is 1. The summed E-state index contributed by atoms with van der Waals surface area (Å²) in [7, 11) is 3.17. The van der Waals surface area contributed by atoms with Gasteiger partial charge in [0.15, 0.2) is 11.5 Å². The molecular formula is C20H22N4O4. The van der Waals surface area contributed by atoms with E-state index in [9.17, 15) is 0 Å². The normalized spacial score (nSPS) is 14.6. The van der Waals surface area contributed by atoms with Crippen molar-refractivity contribution >= 4 is 5.82 Å². The minimum atomic E-state index is 0.401. The molecular weight excluding hydrogens is 360 g/mol. The first kappa shape index (κ1) is 18.2. The summed E-state index contributed by atoms with van der Waals surface area (Å²) in [5.74, 6) is 2.93. The van der Waals surface area contributed by atoms with Crippen LogP contribution in [0.3, 0.4) is 0 Å². The number of methoxy groups -OCH3 is 2. The van der Waals surface area contributed by atoms with Crippen molar-refractivity contribution in [2.24, 2.45) is 0 Å². The second kappa shape index (κ2) is 8.26. The Morgan fingerprint density at radius 1 is 1.04 bits per heavy atom. The van der Waals surface area contributed by atoms with Gasteiger partial charge in [0.2, 0.25) is 5.82 Å². The number of hydrogen-bond donors (Lipinski definition) is 0. The first-order valence-corrected chi connectivity index (χ1v) is 9.14. The van der Waals surface area contributed by atoms with Gasteiger partial charge in [0, 0.05) is 25.9 Å². The molecule has 28 heavy (non-hydrogen) atoms. The lowest BCUT2D eigenvalue weighted by Crippen LogP contribution is -2.26. The van der Waals surface area contributed by atoms with Crippen LogP contribution in [0, 0.1) is 0 Å². The van der Waals surface area contributed by atoms with Gasteiger partial charge in [-0.25, -0.2) is 4.98 Å². The summed E-state index contributed by atoms with van der Waals surface area (Å²) >= 11 is 0. The summed E-state index contributed by atoms with van der Waals surface area (Å²) in [5, 5.41) is 4.10. The predicted molar refractivity (Wildman–Crippen MR) is 104 cm³/mol. The van der Waals surface area contributed by atoms with E-state index in [0.717, 1.165) is 44.1 Å². The van der Waals surface area contributed by atoms with Gasteiger partial charge in [0.25, 0.3) is 5.89 Å². The van der Waals surface area contributed by atoms with Gasteiger partial charge >= 0.3 is 0 Å². The smallest absolute Gasteiger partial charge is 0.259 e. The molecule has 1 fully saturated rings. The molecule has 0 spiro atoms. The standard InChI is InChI=1S/C20H22N4O4/c1-25-16-6-3-5-15(18(16)26-2)19-22-20(28-23-19)14-7-8-17(21-13-14)24-9-4-11-27-12-10-24/h3,5-8,13H,4,9-12H2,1-2H3. The molecule has 3 aromatic rings. The van der Waals surface area contributed by atoms with Gasteiger partial charge < -0.3 is 23.6 Å². The molecule has 3 heterocycles. The van der Waals surface area contributed by atoms with Crippen LogP contribution < -0.4 is 14.4 Å². The second-order valence-corrected chi connectivity index (χ2v) is 6.32. The van der Waals surface area contributed by atoms with E-state index in [2.05, 4.69) is 20.0 Å². The molecule has 146 valence electrons. The van der Waals surface area contributed by atoms with Crippen molar-refractivity contribution in [1.29, 1.82) is 0 Å². The van der Waals surface area contributed by atoms with E-state index in [0.29, 0.717) is 28.8 Å². The lowest BCUT2D eigenvalue weighted by atomic mass is 10.1. The Kier molecular flexibility index (Phi) is 5.38. The van der Waals surface area contributed by atoms with E-state index >= 15 is 0 Å². The van der Waals surface area contributed by atoms with Gasteiger partial charge in [-0.3, -0.25) is 0 Å². The summed E-state index contributed by atoms with van der Waals surface area (Å²) < 4.78 is 21.7. The van der Waals surface area contributed by atoms with Gasteiger partial charge in [0.05, 0.1) is 32.0 Å². The number of rotatable bonds is 5. The average Bonchev–Trinajstić information content (AvgIpc) is 3.08. The Bertz CT molecular complexity index is 918. The maximum atomic E-state index is 5.50. The fraction of sp³-hybridized carbons (Fsp3) is 0.350. The number of nitrogens with zero attached hydrogens (tertiary/aromatic N) is 4. The maximum absolute atomic E-state index is 5.50. The van der Waals surface area contributed by atoms with E-state index < -0.39 is 0 Å². The minimum absolute atomic E-state index is 0.401. The molecule has 0 N–H and O–H groups in total. The first-order chi connectivity index (χ1) is 13.8. The number of aromatic nitrogens is 3. The fourth-order valence-electron chi connectivity index (χ4n) is 3.19. The Morgan fingerprint density at radius 3 is 2.75 bits per heavy atom. The second-order valence-electron chi connectivity index (χ2n) is 6.32. The number of pyridine rings is 1. The molecule has 0 aliphatic carbocycles. The van der Waals surface area contributed by atoms with Crippen molar-refractivity contribution in [3.8, 4) is 34.3 Å². The zero-order chi connectivity index (χ0) is 19.3. The fourth-order valence-corrected chi connectivity index (χ4v) is 3.19. The highest BCUT2D eigenvalue weighted by Gasteiger charge is 2.18. The van der Waals surface area contributed by atoms with E-state index in [-0.39, 0.29) is 0 Å². The van der Waals surface area contributed by atoms with E-state index in [1.165, 1.54) is 0 Å². The van der Waals surface area contributed by atoms with Gasteiger partial charge in [-0.15, -0.1) is 0 Å². The van der Waals surface area contributed by atoms with Crippen molar-refractivity contribution < 1.29 is 18.7 Å². The SMILES string of the molecule is COc1cccc(-c2noc(-c3ccc(N4CCCOCC4)nc3)n2)c1OC. The van der Waals surface area contributed by atoms with Gasteiger partial charge in [-0.2, -0.15) is 4.98 Å². The zero-order valence-electron chi connectivity index (χ0n) is 15.9. The van der Waals surface area contributed by atoms with Crippen molar-refractivity contribution in [2.75, 3.05) is 45.4 Å². The molecule has 8 nitrogen and oxygen atoms in total. The van der Waals surface area contributed by atoms with Crippen LogP contribution in [-0.4, -0.2) is 55.6 Å². The molecule has 0 amide bonds. The molecule has 2 aromatic heterocycles. The molecule has 0 atom stereocenters. The quantitative estimate of drug-likeness (QED) is 0.666. The van der Waals surface area contributed by atoms with Crippen LogP contribution in [0.15, 0.2) is 41.1 Å². The molecule has 4 rings (SSSR count). The molecule has 0 bridgehead atoms. The lowest BCUT2D eigenvalue weighted by molar-refractivity contribution is 0.152. The summed E-state index contributed by atoms with van der Waals surface area (Å²) in [6, 6.07) is 9.44. The van der Waals surface area contributed by atoms with Crippen molar-refractivity contribution in [1.82, 2.24) is 15.1 Å². The molecule has 8 heteroatoms. The van der Waals surface area contributed by atoms with Crippen LogP contribution in [0.2, 0.25) is 0 Å². The summed E-state index contributed by atoms with van der Waals surface area (Å²) in [6.07, 6.45) is 2.75.